The largest absolute Gasteiger partial charge is 0.496 e. The third kappa shape index (κ3) is 3.93. The highest BCUT2D eigenvalue weighted by Crippen LogP contribution is 2.34. The average molecular weight is 266 g/mol. The zero-order valence-electron chi connectivity index (χ0n) is 11.6. The van der Waals surface area contributed by atoms with Gasteiger partial charge >= 0.3 is 0 Å². The summed E-state index contributed by atoms with van der Waals surface area (Å²) < 4.78 is 18.5. The number of aliphatic hydroxyl groups excluding tert-OH is 1. The van der Waals surface area contributed by atoms with Gasteiger partial charge in [-0.25, -0.2) is 4.39 Å². The average Bonchev–Trinajstić information content (AvgIpc) is 2.67. The molecule has 0 saturated heterocycles. The molecule has 0 aliphatic heterocycles. The van der Waals surface area contributed by atoms with E-state index in [1.165, 1.54) is 50.7 Å². The minimum Gasteiger partial charge on any atom is -0.496 e. The Morgan fingerprint density at radius 3 is 2.58 bits per heavy atom. The monoisotopic (exact) mass is 266 g/mol. The molecule has 19 heavy (non-hydrogen) atoms. The van der Waals surface area contributed by atoms with Crippen LogP contribution in [0.5, 0.6) is 5.75 Å². The maximum Gasteiger partial charge on any atom is 0.124 e. The van der Waals surface area contributed by atoms with Crippen LogP contribution in [0.4, 0.5) is 4.39 Å². The Hall–Kier alpha value is -1.09. The first kappa shape index (κ1) is 14.3. The van der Waals surface area contributed by atoms with Crippen molar-refractivity contribution in [3.8, 4) is 5.75 Å². The van der Waals surface area contributed by atoms with Gasteiger partial charge in [0, 0.05) is 5.56 Å². The van der Waals surface area contributed by atoms with Crippen molar-refractivity contribution in [1.82, 2.24) is 0 Å². The number of rotatable bonds is 4. The van der Waals surface area contributed by atoms with Crippen molar-refractivity contribution in [3.05, 3.63) is 29.6 Å². The van der Waals surface area contributed by atoms with E-state index >= 15 is 0 Å². The van der Waals surface area contributed by atoms with Crippen molar-refractivity contribution in [2.45, 2.75) is 51.0 Å². The van der Waals surface area contributed by atoms with E-state index in [4.69, 9.17) is 4.74 Å². The molecule has 1 aromatic carbocycles. The van der Waals surface area contributed by atoms with E-state index in [0.717, 1.165) is 0 Å². The second-order valence-corrected chi connectivity index (χ2v) is 5.50. The van der Waals surface area contributed by atoms with Crippen LogP contribution in [0.1, 0.15) is 56.6 Å². The van der Waals surface area contributed by atoms with E-state index in [0.29, 0.717) is 23.7 Å². The van der Waals surface area contributed by atoms with Gasteiger partial charge in [0.2, 0.25) is 0 Å². The molecule has 0 spiro atoms. The summed E-state index contributed by atoms with van der Waals surface area (Å²) in [5, 5.41) is 10.4. The van der Waals surface area contributed by atoms with Crippen LogP contribution in [-0.4, -0.2) is 12.2 Å². The summed E-state index contributed by atoms with van der Waals surface area (Å²) in [7, 11) is 1.55. The van der Waals surface area contributed by atoms with Crippen molar-refractivity contribution in [2.24, 2.45) is 5.92 Å². The molecule has 3 heteroatoms. The Bertz CT molecular complexity index is 398. The van der Waals surface area contributed by atoms with Crippen LogP contribution >= 0.6 is 0 Å². The number of hydrogen-bond donors (Lipinski definition) is 1. The van der Waals surface area contributed by atoms with Crippen LogP contribution in [0.3, 0.4) is 0 Å². The van der Waals surface area contributed by atoms with Gasteiger partial charge in [0.05, 0.1) is 13.2 Å². The maximum absolute atomic E-state index is 13.3. The lowest BCUT2D eigenvalue weighted by Crippen LogP contribution is -2.08. The molecule has 2 nitrogen and oxygen atoms in total. The second kappa shape index (κ2) is 6.90. The van der Waals surface area contributed by atoms with Crippen LogP contribution in [0.15, 0.2) is 18.2 Å². The molecule has 0 heterocycles. The van der Waals surface area contributed by atoms with Crippen LogP contribution < -0.4 is 4.74 Å². The molecule has 0 amide bonds. The SMILES string of the molecule is COc1ccc(F)cc1C(O)CC1CCCCCC1. The van der Waals surface area contributed by atoms with Gasteiger partial charge in [-0.1, -0.05) is 38.5 Å². The Balaban J connectivity index is 2.05. The molecule has 0 radical (unpaired) electrons. The lowest BCUT2D eigenvalue weighted by molar-refractivity contribution is 0.135. The van der Waals surface area contributed by atoms with Crippen LogP contribution in [-0.2, 0) is 0 Å². The summed E-state index contributed by atoms with van der Waals surface area (Å²) in [4.78, 5) is 0. The molecule has 1 aliphatic carbocycles. The highest BCUT2D eigenvalue weighted by molar-refractivity contribution is 5.35. The van der Waals surface area contributed by atoms with Gasteiger partial charge in [-0.15, -0.1) is 0 Å². The third-order valence-corrected chi connectivity index (χ3v) is 4.08. The molecule has 0 bridgehead atoms. The van der Waals surface area contributed by atoms with E-state index in [1.54, 1.807) is 13.2 Å². The first-order valence-electron chi connectivity index (χ1n) is 7.22. The second-order valence-electron chi connectivity index (χ2n) is 5.50. The molecular weight excluding hydrogens is 243 g/mol. The molecule has 1 atom stereocenters. The minimum absolute atomic E-state index is 0.323. The lowest BCUT2D eigenvalue weighted by atomic mass is 9.91. The highest BCUT2D eigenvalue weighted by atomic mass is 19.1. The molecule has 1 N–H and O–H groups in total. The number of benzene rings is 1. The molecule has 1 aromatic rings. The fourth-order valence-electron chi connectivity index (χ4n) is 3.01. The Kier molecular flexibility index (Phi) is 5.20. The van der Waals surface area contributed by atoms with Crippen LogP contribution in [0.25, 0.3) is 0 Å². The van der Waals surface area contributed by atoms with Gasteiger partial charge in [-0.05, 0) is 30.5 Å². The molecule has 106 valence electrons. The van der Waals surface area contributed by atoms with Crippen molar-refractivity contribution in [3.63, 3.8) is 0 Å². The fraction of sp³-hybridized carbons (Fsp3) is 0.625. The molecule has 1 unspecified atom stereocenters. The number of methoxy groups -OCH3 is 1. The molecule has 1 aliphatic rings. The molecule has 1 saturated carbocycles. The van der Waals surface area contributed by atoms with Crippen molar-refractivity contribution < 1.29 is 14.2 Å². The summed E-state index contributed by atoms with van der Waals surface area (Å²) in [6, 6.07) is 4.34. The van der Waals surface area contributed by atoms with E-state index in [2.05, 4.69) is 0 Å². The number of halogens is 1. The number of aliphatic hydroxyl groups is 1. The van der Waals surface area contributed by atoms with E-state index in [1.807, 2.05) is 0 Å². The minimum atomic E-state index is -0.631. The van der Waals surface area contributed by atoms with Crippen molar-refractivity contribution >= 4 is 0 Å². The summed E-state index contributed by atoms with van der Waals surface area (Å²) in [6.45, 7) is 0. The Labute approximate surface area is 114 Å². The predicted molar refractivity (Wildman–Crippen MR) is 73.7 cm³/mol. The first-order chi connectivity index (χ1) is 9.20. The lowest BCUT2D eigenvalue weighted by Gasteiger charge is -2.20. The third-order valence-electron chi connectivity index (χ3n) is 4.08. The molecule has 2 rings (SSSR count). The molecular formula is C16H23FO2. The summed E-state index contributed by atoms with van der Waals surface area (Å²) in [5.41, 5.74) is 0.576. The van der Waals surface area contributed by atoms with Crippen LogP contribution in [0.2, 0.25) is 0 Å². The predicted octanol–water partition coefficient (Wildman–Crippen LogP) is 4.23. The smallest absolute Gasteiger partial charge is 0.124 e. The van der Waals surface area contributed by atoms with E-state index < -0.39 is 6.10 Å². The first-order valence-corrected chi connectivity index (χ1v) is 7.22. The maximum atomic E-state index is 13.3. The van der Waals surface area contributed by atoms with Gasteiger partial charge in [-0.2, -0.15) is 0 Å². The Morgan fingerprint density at radius 1 is 1.26 bits per heavy atom. The van der Waals surface area contributed by atoms with Crippen molar-refractivity contribution in [2.75, 3.05) is 7.11 Å². The van der Waals surface area contributed by atoms with Crippen LogP contribution in [0, 0.1) is 11.7 Å². The molecule has 1 fully saturated rings. The summed E-state index contributed by atoms with van der Waals surface area (Å²) in [6.07, 6.45) is 7.53. The van der Waals surface area contributed by atoms with Gasteiger partial charge in [-0.3, -0.25) is 0 Å². The quantitative estimate of drug-likeness (QED) is 0.826. The Morgan fingerprint density at radius 2 is 1.95 bits per heavy atom. The van der Waals surface area contributed by atoms with Gasteiger partial charge in [0.15, 0.2) is 0 Å². The standard InChI is InChI=1S/C16H23FO2/c1-19-16-9-8-13(17)11-14(16)15(18)10-12-6-4-2-3-5-7-12/h8-9,11-12,15,18H,2-7,10H2,1H3. The fourth-order valence-corrected chi connectivity index (χ4v) is 3.01. The van der Waals surface area contributed by atoms with Gasteiger partial charge in [0.25, 0.3) is 0 Å². The number of ether oxygens (including phenoxy) is 1. The topological polar surface area (TPSA) is 29.5 Å². The van der Waals surface area contributed by atoms with E-state index in [-0.39, 0.29) is 5.82 Å². The summed E-state index contributed by atoms with van der Waals surface area (Å²) in [5.74, 6) is 0.795. The molecule has 0 aromatic heterocycles. The van der Waals surface area contributed by atoms with E-state index in [9.17, 15) is 9.50 Å². The van der Waals surface area contributed by atoms with Crippen molar-refractivity contribution in [1.29, 1.82) is 0 Å². The highest BCUT2D eigenvalue weighted by Gasteiger charge is 2.20. The van der Waals surface area contributed by atoms with Gasteiger partial charge < -0.3 is 9.84 Å². The zero-order chi connectivity index (χ0) is 13.7. The summed E-state index contributed by atoms with van der Waals surface area (Å²) >= 11 is 0. The van der Waals surface area contributed by atoms with Gasteiger partial charge in [0.1, 0.15) is 11.6 Å². The number of hydrogen-bond acceptors (Lipinski definition) is 2. The zero-order valence-corrected chi connectivity index (χ0v) is 11.6. The normalized spacial score (nSPS) is 18.9.